The number of carbonyl (C=O) groups is 1. The minimum absolute atomic E-state index is 0.143. The molecule has 1 aromatic carbocycles. The summed E-state index contributed by atoms with van der Waals surface area (Å²) in [6.07, 6.45) is 2.60. The number of nitrogens with one attached hydrogen (secondary N) is 1. The Hall–Kier alpha value is -2.62. The fourth-order valence-electron chi connectivity index (χ4n) is 3.66. The number of hydrogen-bond donors (Lipinski definition) is 1. The average molecular weight is 445 g/mol. The number of oxazole rings is 1. The van der Waals surface area contributed by atoms with Crippen molar-refractivity contribution < 1.29 is 18.3 Å². The van der Waals surface area contributed by atoms with E-state index in [1.54, 1.807) is 18.3 Å². The number of ether oxygens (including phenoxy) is 1. The van der Waals surface area contributed by atoms with Crippen molar-refractivity contribution in [3.8, 4) is 11.3 Å². The van der Waals surface area contributed by atoms with E-state index in [9.17, 15) is 9.18 Å². The van der Waals surface area contributed by atoms with Crippen LogP contribution < -0.4 is 5.32 Å². The second-order valence-corrected chi connectivity index (χ2v) is 8.63. The molecule has 164 valence electrons. The number of halogens is 1. The Balaban J connectivity index is 1.25. The lowest BCUT2D eigenvalue weighted by Gasteiger charge is -2.34. The predicted octanol–water partition coefficient (Wildman–Crippen LogP) is 4.12. The number of morpholine rings is 1. The van der Waals surface area contributed by atoms with Gasteiger partial charge in [0.25, 0.3) is 0 Å². The third-order valence-corrected chi connectivity index (χ3v) is 5.73. The number of benzene rings is 1. The minimum atomic E-state index is -0.306. The molecule has 1 amide bonds. The number of thiazole rings is 1. The largest absolute Gasteiger partial charge is 0.441 e. The van der Waals surface area contributed by atoms with E-state index in [1.807, 2.05) is 5.38 Å². The molecule has 2 aromatic heterocycles. The molecule has 4 rings (SSSR count). The van der Waals surface area contributed by atoms with Crippen LogP contribution >= 0.6 is 11.3 Å². The number of nitrogens with zero attached hydrogens (tertiary/aromatic N) is 3. The maximum Gasteiger partial charge on any atom is 0.226 e. The molecule has 0 radical (unpaired) electrons. The third-order valence-electron chi connectivity index (χ3n) is 4.93. The Morgan fingerprint density at radius 3 is 2.74 bits per heavy atom. The third kappa shape index (κ3) is 5.96. The first kappa shape index (κ1) is 21.6. The first-order valence-corrected chi connectivity index (χ1v) is 11.2. The molecule has 7 nitrogen and oxygen atoms in total. The molecule has 0 bridgehead atoms. The fourth-order valence-corrected chi connectivity index (χ4v) is 4.37. The van der Waals surface area contributed by atoms with Crippen molar-refractivity contribution in [1.29, 1.82) is 0 Å². The van der Waals surface area contributed by atoms with Crippen molar-refractivity contribution in [2.24, 2.45) is 0 Å². The van der Waals surface area contributed by atoms with E-state index in [-0.39, 0.29) is 30.4 Å². The number of rotatable bonds is 7. The van der Waals surface area contributed by atoms with Crippen LogP contribution in [0.3, 0.4) is 0 Å². The summed E-state index contributed by atoms with van der Waals surface area (Å²) in [5, 5.41) is 5.41. The molecular formula is C22H25FN4O3S. The molecular weight excluding hydrogens is 419 g/mol. The van der Waals surface area contributed by atoms with E-state index in [0.717, 1.165) is 30.9 Å². The normalized spacial score (nSPS) is 19.5. The van der Waals surface area contributed by atoms with Gasteiger partial charge in [-0.1, -0.05) is 0 Å². The number of anilines is 1. The summed E-state index contributed by atoms with van der Waals surface area (Å²) in [6.45, 7) is 6.64. The number of carbonyl (C=O) groups excluding carboxylic acids is 1. The van der Waals surface area contributed by atoms with Gasteiger partial charge in [0, 0.05) is 43.4 Å². The average Bonchev–Trinajstić information content (AvgIpc) is 3.36. The van der Waals surface area contributed by atoms with Crippen LogP contribution in [0.4, 0.5) is 9.52 Å². The van der Waals surface area contributed by atoms with Crippen molar-refractivity contribution in [1.82, 2.24) is 14.9 Å². The highest BCUT2D eigenvalue weighted by atomic mass is 32.1. The van der Waals surface area contributed by atoms with Crippen molar-refractivity contribution in [3.63, 3.8) is 0 Å². The zero-order valence-corrected chi connectivity index (χ0v) is 18.3. The van der Waals surface area contributed by atoms with Crippen molar-refractivity contribution >= 4 is 22.4 Å². The van der Waals surface area contributed by atoms with E-state index < -0.39 is 0 Å². The van der Waals surface area contributed by atoms with Crippen molar-refractivity contribution in [3.05, 3.63) is 53.2 Å². The first-order valence-electron chi connectivity index (χ1n) is 10.3. The van der Waals surface area contributed by atoms with Gasteiger partial charge in [0.2, 0.25) is 5.91 Å². The zero-order chi connectivity index (χ0) is 21.8. The van der Waals surface area contributed by atoms with Crippen LogP contribution in [0.2, 0.25) is 0 Å². The van der Waals surface area contributed by atoms with E-state index in [2.05, 4.69) is 34.0 Å². The molecule has 1 saturated heterocycles. The van der Waals surface area contributed by atoms with Crippen LogP contribution in [0.1, 0.15) is 31.9 Å². The first-order chi connectivity index (χ1) is 14.9. The van der Waals surface area contributed by atoms with Gasteiger partial charge in [0.05, 0.1) is 24.1 Å². The van der Waals surface area contributed by atoms with Gasteiger partial charge in [-0.05, 0) is 38.1 Å². The number of aryl methyl sites for hydroxylation is 1. The lowest BCUT2D eigenvalue weighted by atomic mass is 10.2. The van der Waals surface area contributed by atoms with E-state index in [0.29, 0.717) is 23.2 Å². The van der Waals surface area contributed by atoms with Crippen molar-refractivity contribution in [2.45, 2.75) is 45.4 Å². The maximum atomic E-state index is 13.0. The molecule has 31 heavy (non-hydrogen) atoms. The molecule has 3 heterocycles. The summed E-state index contributed by atoms with van der Waals surface area (Å²) in [5.74, 6) is 0.562. The lowest BCUT2D eigenvalue weighted by Crippen LogP contribution is -2.44. The lowest BCUT2D eigenvalue weighted by molar-refractivity contribution is -0.116. The monoisotopic (exact) mass is 444 g/mol. The Morgan fingerprint density at radius 2 is 2.00 bits per heavy atom. The summed E-state index contributed by atoms with van der Waals surface area (Å²) in [6, 6.07) is 6.00. The quantitative estimate of drug-likeness (QED) is 0.591. The molecule has 1 aliphatic rings. The smallest absolute Gasteiger partial charge is 0.226 e. The van der Waals surface area contributed by atoms with Gasteiger partial charge in [-0.3, -0.25) is 9.69 Å². The zero-order valence-electron chi connectivity index (χ0n) is 17.5. The van der Waals surface area contributed by atoms with Gasteiger partial charge in [-0.15, -0.1) is 11.3 Å². The number of amides is 1. The summed E-state index contributed by atoms with van der Waals surface area (Å²) < 4.78 is 24.5. The van der Waals surface area contributed by atoms with Gasteiger partial charge in [-0.25, -0.2) is 14.4 Å². The summed E-state index contributed by atoms with van der Waals surface area (Å²) >= 11 is 1.42. The minimum Gasteiger partial charge on any atom is -0.441 e. The number of aromatic nitrogens is 2. The molecule has 9 heteroatoms. The summed E-state index contributed by atoms with van der Waals surface area (Å²) in [5.41, 5.74) is 1.68. The van der Waals surface area contributed by atoms with E-state index in [4.69, 9.17) is 9.15 Å². The highest BCUT2D eigenvalue weighted by Gasteiger charge is 2.22. The molecule has 2 atom stereocenters. The van der Waals surface area contributed by atoms with Gasteiger partial charge in [0.15, 0.2) is 16.8 Å². The van der Waals surface area contributed by atoms with Gasteiger partial charge < -0.3 is 14.5 Å². The Labute approximate surface area is 184 Å². The molecule has 1 aliphatic heterocycles. The standard InChI is InChI=1S/C22H25FN4O3S/c1-14-10-27(11-15(2)29-14)12-18-13-31-22(25-18)26-20(28)7-8-21-24-9-19(30-21)16-3-5-17(23)6-4-16/h3-6,9,13-15H,7-8,10-12H2,1-2H3,(H,25,26,28)/t14-,15+. The molecule has 1 fully saturated rings. The van der Waals surface area contributed by atoms with Gasteiger partial charge in [0.1, 0.15) is 5.82 Å². The van der Waals surface area contributed by atoms with Crippen LogP contribution in [-0.4, -0.2) is 46.1 Å². The molecule has 0 aliphatic carbocycles. The topological polar surface area (TPSA) is 80.5 Å². The predicted molar refractivity (Wildman–Crippen MR) is 116 cm³/mol. The molecule has 0 unspecified atom stereocenters. The van der Waals surface area contributed by atoms with Gasteiger partial charge >= 0.3 is 0 Å². The molecule has 0 spiro atoms. The number of hydrogen-bond acceptors (Lipinski definition) is 7. The highest BCUT2D eigenvalue weighted by molar-refractivity contribution is 7.13. The maximum absolute atomic E-state index is 13.0. The van der Waals surface area contributed by atoms with Crippen LogP contribution in [0.5, 0.6) is 0 Å². The fraction of sp³-hybridized carbons (Fsp3) is 0.409. The van der Waals surface area contributed by atoms with Gasteiger partial charge in [-0.2, -0.15) is 0 Å². The molecule has 1 N–H and O–H groups in total. The van der Waals surface area contributed by atoms with Crippen LogP contribution in [0.25, 0.3) is 11.3 Å². The Bertz CT molecular complexity index is 1010. The molecule has 0 saturated carbocycles. The van der Waals surface area contributed by atoms with Crippen molar-refractivity contribution in [2.75, 3.05) is 18.4 Å². The Kier molecular flexibility index (Phi) is 6.74. The SMILES string of the molecule is C[C@@H]1CN(Cc2csc(NC(=O)CCc3ncc(-c4ccc(F)cc4)o3)n2)C[C@H](C)O1. The van der Waals surface area contributed by atoms with E-state index >= 15 is 0 Å². The molecule has 3 aromatic rings. The summed E-state index contributed by atoms with van der Waals surface area (Å²) in [4.78, 5) is 23.4. The van der Waals surface area contributed by atoms with E-state index in [1.165, 1.54) is 23.5 Å². The second-order valence-electron chi connectivity index (χ2n) is 7.77. The van der Waals surface area contributed by atoms with Crippen LogP contribution in [0.15, 0.2) is 40.3 Å². The Morgan fingerprint density at radius 1 is 1.26 bits per heavy atom. The second kappa shape index (κ2) is 9.67. The summed E-state index contributed by atoms with van der Waals surface area (Å²) in [7, 11) is 0. The van der Waals surface area contributed by atoms with Crippen LogP contribution in [0, 0.1) is 5.82 Å². The van der Waals surface area contributed by atoms with Crippen LogP contribution in [-0.2, 0) is 22.5 Å². The highest BCUT2D eigenvalue weighted by Crippen LogP contribution is 2.22.